The van der Waals surface area contributed by atoms with Crippen LogP contribution in [0.15, 0.2) is 34.1 Å². The predicted molar refractivity (Wildman–Crippen MR) is 64.4 cm³/mol. The molecule has 0 atom stereocenters. The van der Waals surface area contributed by atoms with Gasteiger partial charge in [-0.05, 0) is 19.1 Å². The zero-order valence-electron chi connectivity index (χ0n) is 8.03. The van der Waals surface area contributed by atoms with Gasteiger partial charge in [-0.15, -0.1) is 11.3 Å². The highest BCUT2D eigenvalue weighted by Crippen LogP contribution is 2.20. The van der Waals surface area contributed by atoms with E-state index in [0.29, 0.717) is 11.3 Å². The van der Waals surface area contributed by atoms with Crippen LogP contribution in [0.4, 0.5) is 0 Å². The van der Waals surface area contributed by atoms with Crippen molar-refractivity contribution in [3.8, 4) is 0 Å². The maximum absolute atomic E-state index is 12.0. The maximum Gasteiger partial charge on any atom is 0.213 e. The lowest BCUT2D eigenvalue weighted by Crippen LogP contribution is -2.02. The van der Waals surface area contributed by atoms with Crippen LogP contribution in [0.5, 0.6) is 0 Å². The van der Waals surface area contributed by atoms with Gasteiger partial charge in [-0.2, -0.15) is 0 Å². The fraction of sp³-hybridized carbons (Fsp3) is 0.0909. The molecule has 0 fully saturated rings. The second kappa shape index (κ2) is 4.24. The number of carbonyl (C=O) groups is 1. The minimum absolute atomic E-state index is 0.0353. The van der Waals surface area contributed by atoms with E-state index in [0.717, 1.165) is 9.48 Å². The molecule has 1 aromatic carbocycles. The lowest BCUT2D eigenvalue weighted by atomic mass is 10.1. The average Bonchev–Trinajstić information content (AvgIpc) is 2.65. The number of thiazole rings is 1. The smallest absolute Gasteiger partial charge is 0.213 e. The highest BCUT2D eigenvalue weighted by Gasteiger charge is 2.14. The first-order valence-corrected chi connectivity index (χ1v) is 6.07. The number of aryl methyl sites for hydroxylation is 1. The van der Waals surface area contributed by atoms with E-state index >= 15 is 0 Å². The van der Waals surface area contributed by atoms with Crippen LogP contribution in [0.1, 0.15) is 21.1 Å². The summed E-state index contributed by atoms with van der Waals surface area (Å²) in [6.07, 6.45) is 0. The lowest BCUT2D eigenvalue weighted by Gasteiger charge is -1.99. The number of nitrogens with zero attached hydrogens (tertiary/aromatic N) is 1. The predicted octanol–water partition coefficient (Wildman–Crippen LogP) is 3.45. The van der Waals surface area contributed by atoms with Crippen LogP contribution in [-0.2, 0) is 0 Å². The highest BCUT2D eigenvalue weighted by molar-refractivity contribution is 9.10. The number of carbonyl (C=O) groups excluding carboxylic acids is 1. The zero-order valence-corrected chi connectivity index (χ0v) is 10.4. The summed E-state index contributed by atoms with van der Waals surface area (Å²) < 4.78 is 0.806. The average molecular weight is 282 g/mol. The van der Waals surface area contributed by atoms with Crippen LogP contribution >= 0.6 is 27.3 Å². The number of ketones is 1. The maximum atomic E-state index is 12.0. The first-order valence-electron chi connectivity index (χ1n) is 4.40. The molecule has 0 saturated heterocycles. The molecule has 0 unspecified atom stereocenters. The Morgan fingerprint density at radius 2 is 2.13 bits per heavy atom. The Labute approximate surface area is 100 Å². The fourth-order valence-electron chi connectivity index (χ4n) is 1.25. The Morgan fingerprint density at radius 3 is 2.73 bits per heavy atom. The van der Waals surface area contributed by atoms with Gasteiger partial charge in [-0.25, -0.2) is 4.98 Å². The topological polar surface area (TPSA) is 30.0 Å². The van der Waals surface area contributed by atoms with Crippen molar-refractivity contribution in [3.05, 3.63) is 50.4 Å². The summed E-state index contributed by atoms with van der Waals surface area (Å²) >= 11 is 4.84. The van der Waals surface area contributed by atoms with E-state index in [2.05, 4.69) is 20.9 Å². The molecule has 0 bridgehead atoms. The normalized spacial score (nSPS) is 10.3. The van der Waals surface area contributed by atoms with Gasteiger partial charge in [0.15, 0.2) is 0 Å². The van der Waals surface area contributed by atoms with Gasteiger partial charge < -0.3 is 0 Å². The van der Waals surface area contributed by atoms with E-state index in [-0.39, 0.29) is 5.78 Å². The molecule has 0 aliphatic heterocycles. The van der Waals surface area contributed by atoms with E-state index in [1.54, 1.807) is 11.4 Å². The van der Waals surface area contributed by atoms with Gasteiger partial charge in [0.2, 0.25) is 5.78 Å². The van der Waals surface area contributed by atoms with Crippen LogP contribution < -0.4 is 0 Å². The molecule has 1 aromatic heterocycles. The largest absolute Gasteiger partial charge is 0.287 e. The third kappa shape index (κ3) is 2.16. The summed E-state index contributed by atoms with van der Waals surface area (Å²) in [7, 11) is 0. The molecule has 2 aromatic rings. The lowest BCUT2D eigenvalue weighted by molar-refractivity contribution is 0.103. The summed E-state index contributed by atoms with van der Waals surface area (Å²) in [6, 6.07) is 7.37. The second-order valence-electron chi connectivity index (χ2n) is 3.06. The van der Waals surface area contributed by atoms with Crippen molar-refractivity contribution in [3.63, 3.8) is 0 Å². The second-order valence-corrected chi connectivity index (χ2v) is 4.98. The molecule has 1 heterocycles. The van der Waals surface area contributed by atoms with E-state index in [1.165, 1.54) is 11.3 Å². The van der Waals surface area contributed by atoms with Gasteiger partial charge in [0.25, 0.3) is 0 Å². The van der Waals surface area contributed by atoms with Crippen molar-refractivity contribution in [1.29, 1.82) is 0 Å². The molecule has 2 rings (SSSR count). The number of halogens is 1. The van der Waals surface area contributed by atoms with Crippen LogP contribution in [0.25, 0.3) is 0 Å². The monoisotopic (exact) mass is 281 g/mol. The molecular formula is C11H8BrNOS. The van der Waals surface area contributed by atoms with Gasteiger partial charge in [0, 0.05) is 15.4 Å². The zero-order chi connectivity index (χ0) is 10.8. The molecule has 76 valence electrons. The van der Waals surface area contributed by atoms with Gasteiger partial charge in [0.1, 0.15) is 5.69 Å². The molecule has 15 heavy (non-hydrogen) atoms. The number of benzene rings is 1. The Bertz CT molecular complexity index is 507. The van der Waals surface area contributed by atoms with Crippen molar-refractivity contribution in [2.24, 2.45) is 0 Å². The summed E-state index contributed by atoms with van der Waals surface area (Å²) in [5.41, 5.74) is 1.17. The molecule has 0 spiro atoms. The molecule has 0 radical (unpaired) electrons. The van der Waals surface area contributed by atoms with Gasteiger partial charge in [-0.1, -0.05) is 28.1 Å². The van der Waals surface area contributed by atoms with Crippen molar-refractivity contribution in [2.75, 3.05) is 0 Å². The summed E-state index contributed by atoms with van der Waals surface area (Å²) in [5, 5.41) is 2.70. The van der Waals surface area contributed by atoms with E-state index in [1.807, 2.05) is 25.1 Å². The van der Waals surface area contributed by atoms with Crippen LogP contribution in [0.2, 0.25) is 0 Å². The molecule has 2 nitrogen and oxygen atoms in total. The van der Waals surface area contributed by atoms with Gasteiger partial charge >= 0.3 is 0 Å². The van der Waals surface area contributed by atoms with Crippen molar-refractivity contribution in [1.82, 2.24) is 4.98 Å². The van der Waals surface area contributed by atoms with Crippen LogP contribution in [0.3, 0.4) is 0 Å². The van der Waals surface area contributed by atoms with Crippen LogP contribution in [0, 0.1) is 6.92 Å². The number of rotatable bonds is 2. The first kappa shape index (κ1) is 10.5. The Balaban J connectivity index is 2.41. The molecule has 0 saturated carbocycles. The van der Waals surface area contributed by atoms with E-state index in [4.69, 9.17) is 0 Å². The van der Waals surface area contributed by atoms with Crippen LogP contribution in [-0.4, -0.2) is 10.8 Å². The number of hydrogen-bond acceptors (Lipinski definition) is 3. The van der Waals surface area contributed by atoms with Crippen molar-refractivity contribution < 1.29 is 4.79 Å². The minimum Gasteiger partial charge on any atom is -0.287 e. The summed E-state index contributed by atoms with van der Waals surface area (Å²) in [4.78, 5) is 16.2. The van der Waals surface area contributed by atoms with E-state index < -0.39 is 0 Å². The van der Waals surface area contributed by atoms with Gasteiger partial charge in [0.05, 0.1) is 5.01 Å². The highest BCUT2D eigenvalue weighted by atomic mass is 79.9. The summed E-state index contributed by atoms with van der Waals surface area (Å²) in [5.74, 6) is -0.0353. The number of hydrogen-bond donors (Lipinski definition) is 0. The molecule has 0 N–H and O–H groups in total. The Morgan fingerprint density at radius 1 is 1.40 bits per heavy atom. The Hall–Kier alpha value is -1.000. The van der Waals surface area contributed by atoms with Gasteiger partial charge in [-0.3, -0.25) is 4.79 Å². The molecule has 0 aliphatic rings. The molecule has 0 amide bonds. The molecule has 4 heteroatoms. The Kier molecular flexibility index (Phi) is 2.98. The molecule has 0 aliphatic carbocycles. The van der Waals surface area contributed by atoms with Crippen molar-refractivity contribution >= 4 is 33.0 Å². The third-order valence-electron chi connectivity index (χ3n) is 1.97. The standard InChI is InChI=1S/C11H8BrNOS/c1-7-13-10(6-15-7)11(14)8-4-2-3-5-9(8)12/h2-6H,1H3. The molecular weight excluding hydrogens is 274 g/mol. The first-order chi connectivity index (χ1) is 7.18. The third-order valence-corrected chi connectivity index (χ3v) is 3.44. The van der Waals surface area contributed by atoms with Crippen molar-refractivity contribution in [2.45, 2.75) is 6.92 Å². The quantitative estimate of drug-likeness (QED) is 0.790. The minimum atomic E-state index is -0.0353. The SMILES string of the molecule is Cc1nc(C(=O)c2ccccc2Br)cs1. The number of aromatic nitrogens is 1. The van der Waals surface area contributed by atoms with E-state index in [9.17, 15) is 4.79 Å². The summed E-state index contributed by atoms with van der Waals surface area (Å²) in [6.45, 7) is 1.89. The fourth-order valence-corrected chi connectivity index (χ4v) is 2.31.